The molecule has 0 saturated carbocycles. The van der Waals surface area contributed by atoms with Crippen LogP contribution in [0.1, 0.15) is 17.0 Å². The van der Waals surface area contributed by atoms with Crippen molar-refractivity contribution in [2.75, 3.05) is 0 Å². The van der Waals surface area contributed by atoms with Crippen LogP contribution in [0.5, 0.6) is 0 Å². The van der Waals surface area contributed by atoms with Crippen LogP contribution in [-0.2, 0) is 15.6 Å². The maximum Gasteiger partial charge on any atom is 0.242 e. The predicted molar refractivity (Wildman–Crippen MR) is 91.5 cm³/mol. The SMILES string of the molecule is Cc1ccc(S(=O)(=O)Cc2nc(-c3ccccc3Cl)no2)c(C)c1. The van der Waals surface area contributed by atoms with Gasteiger partial charge in [0, 0.05) is 5.56 Å². The summed E-state index contributed by atoms with van der Waals surface area (Å²) < 4.78 is 30.3. The van der Waals surface area contributed by atoms with Crippen LogP contribution in [0.3, 0.4) is 0 Å². The Balaban J connectivity index is 1.90. The first-order valence-electron chi connectivity index (χ1n) is 7.24. The normalized spacial score (nSPS) is 11.6. The Bertz CT molecular complexity index is 997. The van der Waals surface area contributed by atoms with Gasteiger partial charge in [-0.3, -0.25) is 0 Å². The van der Waals surface area contributed by atoms with E-state index in [1.54, 1.807) is 43.3 Å². The van der Waals surface area contributed by atoms with Crippen LogP contribution in [0.15, 0.2) is 51.9 Å². The van der Waals surface area contributed by atoms with Gasteiger partial charge in [-0.1, -0.05) is 46.6 Å². The number of aryl methyl sites for hydroxylation is 2. The second-order valence-corrected chi connectivity index (χ2v) is 7.88. The minimum Gasteiger partial charge on any atom is -0.338 e. The third-order valence-electron chi connectivity index (χ3n) is 3.56. The number of aromatic nitrogens is 2. The van der Waals surface area contributed by atoms with E-state index < -0.39 is 9.84 Å². The van der Waals surface area contributed by atoms with E-state index in [0.29, 0.717) is 16.1 Å². The quantitative estimate of drug-likeness (QED) is 0.701. The number of hydrogen-bond donors (Lipinski definition) is 0. The van der Waals surface area contributed by atoms with Crippen LogP contribution < -0.4 is 0 Å². The van der Waals surface area contributed by atoms with E-state index in [2.05, 4.69) is 10.1 Å². The molecule has 24 heavy (non-hydrogen) atoms. The molecule has 0 amide bonds. The summed E-state index contributed by atoms with van der Waals surface area (Å²) in [6, 6.07) is 12.2. The van der Waals surface area contributed by atoms with Crippen molar-refractivity contribution in [1.29, 1.82) is 0 Å². The van der Waals surface area contributed by atoms with Crippen LogP contribution in [0.2, 0.25) is 5.02 Å². The standard InChI is InChI=1S/C17H15ClN2O3S/c1-11-7-8-15(12(2)9-11)24(21,22)10-16-19-17(20-23-16)13-5-3-4-6-14(13)18/h3-9H,10H2,1-2H3. The van der Waals surface area contributed by atoms with Gasteiger partial charge in [-0.05, 0) is 37.6 Å². The number of benzene rings is 2. The largest absolute Gasteiger partial charge is 0.338 e. The van der Waals surface area contributed by atoms with E-state index in [-0.39, 0.29) is 22.4 Å². The summed E-state index contributed by atoms with van der Waals surface area (Å²) in [7, 11) is -3.57. The van der Waals surface area contributed by atoms with Gasteiger partial charge in [-0.2, -0.15) is 4.98 Å². The molecule has 3 rings (SSSR count). The van der Waals surface area contributed by atoms with Gasteiger partial charge in [0.05, 0.1) is 9.92 Å². The van der Waals surface area contributed by atoms with E-state index in [1.807, 2.05) is 13.0 Å². The molecular formula is C17H15ClN2O3S. The van der Waals surface area contributed by atoms with Crippen molar-refractivity contribution in [2.45, 2.75) is 24.5 Å². The summed E-state index contributed by atoms with van der Waals surface area (Å²) in [5, 5.41) is 4.30. The first kappa shape index (κ1) is 16.7. The molecule has 0 unspecified atom stereocenters. The average Bonchev–Trinajstić information content (AvgIpc) is 2.94. The Morgan fingerprint density at radius 2 is 1.88 bits per heavy atom. The molecule has 0 atom stereocenters. The molecule has 0 spiro atoms. The highest BCUT2D eigenvalue weighted by atomic mass is 35.5. The molecule has 0 fully saturated rings. The molecule has 1 heterocycles. The predicted octanol–water partition coefficient (Wildman–Crippen LogP) is 3.98. The van der Waals surface area contributed by atoms with E-state index >= 15 is 0 Å². The van der Waals surface area contributed by atoms with Gasteiger partial charge in [-0.15, -0.1) is 0 Å². The summed E-state index contributed by atoms with van der Waals surface area (Å²) in [4.78, 5) is 4.43. The van der Waals surface area contributed by atoms with E-state index in [4.69, 9.17) is 16.1 Å². The van der Waals surface area contributed by atoms with Gasteiger partial charge in [-0.25, -0.2) is 8.42 Å². The molecule has 5 nitrogen and oxygen atoms in total. The Labute approximate surface area is 145 Å². The molecule has 0 aliphatic heterocycles. The molecule has 7 heteroatoms. The number of rotatable bonds is 4. The molecule has 0 radical (unpaired) electrons. The average molecular weight is 363 g/mol. The molecule has 0 aliphatic rings. The van der Waals surface area contributed by atoms with Crippen LogP contribution in [0.4, 0.5) is 0 Å². The molecule has 0 bridgehead atoms. The van der Waals surface area contributed by atoms with Crippen molar-refractivity contribution in [2.24, 2.45) is 0 Å². The lowest BCUT2D eigenvalue weighted by Gasteiger charge is -2.06. The molecule has 0 aliphatic carbocycles. The van der Waals surface area contributed by atoms with Crippen LogP contribution in [0.25, 0.3) is 11.4 Å². The van der Waals surface area contributed by atoms with Gasteiger partial charge < -0.3 is 4.52 Å². The summed E-state index contributed by atoms with van der Waals surface area (Å²) in [5.74, 6) is -0.0507. The van der Waals surface area contributed by atoms with Crippen molar-refractivity contribution in [3.8, 4) is 11.4 Å². The summed E-state index contributed by atoms with van der Waals surface area (Å²) in [6.07, 6.45) is 0. The summed E-state index contributed by atoms with van der Waals surface area (Å²) in [6.45, 7) is 3.68. The van der Waals surface area contributed by atoms with Gasteiger partial charge >= 0.3 is 0 Å². The van der Waals surface area contributed by atoms with Crippen molar-refractivity contribution >= 4 is 21.4 Å². The third-order valence-corrected chi connectivity index (χ3v) is 5.65. The number of hydrogen-bond acceptors (Lipinski definition) is 5. The first-order chi connectivity index (χ1) is 11.4. The van der Waals surface area contributed by atoms with Crippen LogP contribution in [0, 0.1) is 13.8 Å². The molecule has 3 aromatic rings. The molecule has 2 aromatic carbocycles. The van der Waals surface area contributed by atoms with Crippen molar-refractivity contribution in [3.05, 3.63) is 64.5 Å². The second kappa shape index (κ2) is 6.37. The molecule has 0 saturated heterocycles. The Hall–Kier alpha value is -2.18. The van der Waals surface area contributed by atoms with Gasteiger partial charge in [0.1, 0.15) is 5.75 Å². The Morgan fingerprint density at radius 1 is 1.12 bits per heavy atom. The fraction of sp³-hybridized carbons (Fsp3) is 0.176. The molecule has 1 aromatic heterocycles. The smallest absolute Gasteiger partial charge is 0.242 e. The van der Waals surface area contributed by atoms with E-state index in [9.17, 15) is 8.42 Å². The number of nitrogens with zero attached hydrogens (tertiary/aromatic N) is 2. The van der Waals surface area contributed by atoms with Crippen molar-refractivity contribution in [1.82, 2.24) is 10.1 Å². The van der Waals surface area contributed by atoms with Crippen molar-refractivity contribution < 1.29 is 12.9 Å². The highest BCUT2D eigenvalue weighted by Crippen LogP contribution is 2.26. The highest BCUT2D eigenvalue weighted by Gasteiger charge is 2.22. The lowest BCUT2D eigenvalue weighted by molar-refractivity contribution is 0.389. The Morgan fingerprint density at radius 3 is 2.58 bits per heavy atom. The first-order valence-corrected chi connectivity index (χ1v) is 9.27. The minimum atomic E-state index is -3.57. The lowest BCUT2D eigenvalue weighted by Crippen LogP contribution is -2.07. The molecule has 124 valence electrons. The fourth-order valence-corrected chi connectivity index (χ4v) is 4.10. The van der Waals surface area contributed by atoms with Crippen LogP contribution >= 0.6 is 11.6 Å². The third kappa shape index (κ3) is 3.34. The zero-order valence-corrected chi connectivity index (χ0v) is 14.7. The molecular weight excluding hydrogens is 348 g/mol. The maximum absolute atomic E-state index is 12.6. The molecule has 0 N–H and O–H groups in total. The van der Waals surface area contributed by atoms with Crippen molar-refractivity contribution in [3.63, 3.8) is 0 Å². The van der Waals surface area contributed by atoms with E-state index in [0.717, 1.165) is 5.56 Å². The number of sulfone groups is 1. The number of halogens is 1. The second-order valence-electron chi connectivity index (χ2n) is 5.52. The van der Waals surface area contributed by atoms with Crippen LogP contribution in [-0.4, -0.2) is 18.6 Å². The van der Waals surface area contributed by atoms with Gasteiger partial charge in [0.15, 0.2) is 9.84 Å². The highest BCUT2D eigenvalue weighted by molar-refractivity contribution is 7.90. The Kier molecular flexibility index (Phi) is 4.43. The zero-order valence-electron chi connectivity index (χ0n) is 13.2. The zero-order chi connectivity index (χ0) is 17.3. The summed E-state index contributed by atoms with van der Waals surface area (Å²) in [5.41, 5.74) is 2.30. The van der Waals surface area contributed by atoms with Gasteiger partial charge in [0.25, 0.3) is 0 Å². The lowest BCUT2D eigenvalue weighted by atomic mass is 10.2. The van der Waals surface area contributed by atoms with E-state index in [1.165, 1.54) is 0 Å². The maximum atomic E-state index is 12.6. The summed E-state index contributed by atoms with van der Waals surface area (Å²) >= 11 is 6.09. The minimum absolute atomic E-state index is 0.0323. The van der Waals surface area contributed by atoms with Gasteiger partial charge in [0.2, 0.25) is 11.7 Å². The topological polar surface area (TPSA) is 73.1 Å². The fourth-order valence-electron chi connectivity index (χ4n) is 2.45. The monoisotopic (exact) mass is 362 g/mol.